The normalized spacial score (nSPS) is 11.9. The lowest BCUT2D eigenvalue weighted by atomic mass is 9.98. The molecular formula is C23H23N. The fourth-order valence-electron chi connectivity index (χ4n) is 2.75. The molecule has 0 aliphatic rings. The average molecular weight is 313 g/mol. The highest BCUT2D eigenvalue weighted by molar-refractivity contribution is 5.71. The Bertz CT molecular complexity index is 773. The van der Waals surface area contributed by atoms with Gasteiger partial charge in [0.15, 0.2) is 0 Å². The minimum Gasteiger partial charge on any atom is -0.306 e. The Morgan fingerprint density at radius 3 is 1.96 bits per heavy atom. The molecule has 3 aromatic rings. The SMILES string of the molecule is C=C(c1ccc(-c2ccccc2)cc1)[C@@H](C)NCc1ccccc1. The Hall–Kier alpha value is -2.64. The first kappa shape index (κ1) is 16.2. The molecule has 1 heteroatoms. The van der Waals surface area contributed by atoms with Gasteiger partial charge in [-0.25, -0.2) is 0 Å². The van der Waals surface area contributed by atoms with Crippen LogP contribution in [0, 0.1) is 0 Å². The number of rotatable bonds is 6. The van der Waals surface area contributed by atoms with E-state index in [1.54, 1.807) is 0 Å². The molecule has 0 fully saturated rings. The zero-order chi connectivity index (χ0) is 16.8. The summed E-state index contributed by atoms with van der Waals surface area (Å²) < 4.78 is 0. The van der Waals surface area contributed by atoms with E-state index in [2.05, 4.69) is 91.6 Å². The van der Waals surface area contributed by atoms with Gasteiger partial charge in [0.2, 0.25) is 0 Å². The molecule has 0 saturated carbocycles. The molecule has 3 rings (SSSR count). The first-order valence-electron chi connectivity index (χ1n) is 8.36. The van der Waals surface area contributed by atoms with Crippen LogP contribution in [0.5, 0.6) is 0 Å². The van der Waals surface area contributed by atoms with Crippen molar-refractivity contribution in [3.63, 3.8) is 0 Å². The Morgan fingerprint density at radius 2 is 1.33 bits per heavy atom. The molecule has 3 aromatic carbocycles. The molecule has 0 radical (unpaired) electrons. The largest absolute Gasteiger partial charge is 0.306 e. The summed E-state index contributed by atoms with van der Waals surface area (Å²) >= 11 is 0. The highest BCUT2D eigenvalue weighted by Crippen LogP contribution is 2.23. The Kier molecular flexibility index (Phi) is 5.25. The van der Waals surface area contributed by atoms with Crippen LogP contribution in [0.15, 0.2) is 91.5 Å². The molecule has 120 valence electrons. The molecule has 0 aliphatic carbocycles. The molecule has 0 aromatic heterocycles. The summed E-state index contributed by atoms with van der Waals surface area (Å²) in [5.41, 5.74) is 6.06. The Balaban J connectivity index is 1.64. The predicted octanol–water partition coefficient (Wildman–Crippen LogP) is 5.55. The molecule has 0 aliphatic heterocycles. The van der Waals surface area contributed by atoms with E-state index in [0.717, 1.165) is 12.1 Å². The van der Waals surface area contributed by atoms with E-state index in [9.17, 15) is 0 Å². The molecule has 24 heavy (non-hydrogen) atoms. The smallest absolute Gasteiger partial charge is 0.0295 e. The lowest BCUT2D eigenvalue weighted by Crippen LogP contribution is -2.26. The number of hydrogen-bond donors (Lipinski definition) is 1. The second-order valence-corrected chi connectivity index (χ2v) is 6.06. The van der Waals surface area contributed by atoms with Crippen molar-refractivity contribution in [3.8, 4) is 11.1 Å². The first-order chi connectivity index (χ1) is 11.7. The van der Waals surface area contributed by atoms with Crippen LogP contribution in [-0.4, -0.2) is 6.04 Å². The fourth-order valence-corrected chi connectivity index (χ4v) is 2.75. The lowest BCUT2D eigenvalue weighted by Gasteiger charge is -2.17. The van der Waals surface area contributed by atoms with Gasteiger partial charge >= 0.3 is 0 Å². The third-order valence-corrected chi connectivity index (χ3v) is 4.34. The summed E-state index contributed by atoms with van der Waals surface area (Å²) in [6, 6.07) is 29.8. The van der Waals surface area contributed by atoms with E-state index in [0.29, 0.717) is 0 Å². The van der Waals surface area contributed by atoms with Gasteiger partial charge in [-0.2, -0.15) is 0 Å². The molecule has 0 amide bonds. The molecule has 0 bridgehead atoms. The van der Waals surface area contributed by atoms with Crippen molar-refractivity contribution < 1.29 is 0 Å². The van der Waals surface area contributed by atoms with Crippen LogP contribution in [0.1, 0.15) is 18.1 Å². The summed E-state index contributed by atoms with van der Waals surface area (Å²) in [6.45, 7) is 7.29. The first-order valence-corrected chi connectivity index (χ1v) is 8.36. The van der Waals surface area contributed by atoms with Gasteiger partial charge in [-0.15, -0.1) is 0 Å². The van der Waals surface area contributed by atoms with Crippen LogP contribution in [0.2, 0.25) is 0 Å². The van der Waals surface area contributed by atoms with Crippen molar-refractivity contribution >= 4 is 5.57 Å². The van der Waals surface area contributed by atoms with Gasteiger partial charge in [-0.05, 0) is 34.8 Å². The van der Waals surface area contributed by atoms with E-state index in [-0.39, 0.29) is 6.04 Å². The summed E-state index contributed by atoms with van der Waals surface area (Å²) in [4.78, 5) is 0. The van der Waals surface area contributed by atoms with Gasteiger partial charge in [0.25, 0.3) is 0 Å². The van der Waals surface area contributed by atoms with Gasteiger partial charge in [-0.3, -0.25) is 0 Å². The summed E-state index contributed by atoms with van der Waals surface area (Å²) in [7, 11) is 0. The molecule has 0 unspecified atom stereocenters. The van der Waals surface area contributed by atoms with Gasteiger partial charge in [0.05, 0.1) is 0 Å². The van der Waals surface area contributed by atoms with Gasteiger partial charge < -0.3 is 5.32 Å². The summed E-state index contributed by atoms with van der Waals surface area (Å²) in [5.74, 6) is 0. The minimum absolute atomic E-state index is 0.229. The van der Waals surface area contributed by atoms with Gasteiger partial charge in [0.1, 0.15) is 0 Å². The van der Waals surface area contributed by atoms with E-state index in [1.165, 1.54) is 22.3 Å². The van der Waals surface area contributed by atoms with Gasteiger partial charge in [0, 0.05) is 12.6 Å². The van der Waals surface area contributed by atoms with Crippen molar-refractivity contribution in [3.05, 3.63) is 103 Å². The van der Waals surface area contributed by atoms with Crippen molar-refractivity contribution in [1.29, 1.82) is 0 Å². The van der Waals surface area contributed by atoms with Crippen LogP contribution in [0.4, 0.5) is 0 Å². The average Bonchev–Trinajstić information content (AvgIpc) is 2.67. The molecule has 0 saturated heterocycles. The zero-order valence-corrected chi connectivity index (χ0v) is 14.1. The number of hydrogen-bond acceptors (Lipinski definition) is 1. The van der Waals surface area contributed by atoms with Crippen LogP contribution in [0.3, 0.4) is 0 Å². The van der Waals surface area contributed by atoms with E-state index >= 15 is 0 Å². The van der Waals surface area contributed by atoms with Crippen LogP contribution >= 0.6 is 0 Å². The topological polar surface area (TPSA) is 12.0 Å². The van der Waals surface area contributed by atoms with Crippen molar-refractivity contribution in [1.82, 2.24) is 5.32 Å². The maximum atomic E-state index is 4.28. The molecule has 1 N–H and O–H groups in total. The van der Waals surface area contributed by atoms with Crippen molar-refractivity contribution in [2.24, 2.45) is 0 Å². The molecule has 1 nitrogen and oxygen atoms in total. The molecule has 0 heterocycles. The maximum Gasteiger partial charge on any atom is 0.0295 e. The van der Waals surface area contributed by atoms with E-state index in [4.69, 9.17) is 0 Å². The lowest BCUT2D eigenvalue weighted by molar-refractivity contribution is 0.646. The molecular weight excluding hydrogens is 290 g/mol. The van der Waals surface area contributed by atoms with Crippen LogP contribution in [-0.2, 0) is 6.54 Å². The fraction of sp³-hybridized carbons (Fsp3) is 0.130. The standard InChI is InChI=1S/C23H23N/c1-18(19(2)24-17-20-9-5-3-6-10-20)21-13-15-23(16-14-21)22-11-7-4-8-12-22/h3-16,19,24H,1,17H2,2H3/t19-/m1/s1. The summed E-state index contributed by atoms with van der Waals surface area (Å²) in [6.07, 6.45) is 0. The second kappa shape index (κ2) is 7.76. The minimum atomic E-state index is 0.229. The quantitative estimate of drug-likeness (QED) is 0.629. The Morgan fingerprint density at radius 1 is 0.792 bits per heavy atom. The predicted molar refractivity (Wildman–Crippen MR) is 104 cm³/mol. The second-order valence-electron chi connectivity index (χ2n) is 6.06. The van der Waals surface area contributed by atoms with Crippen molar-refractivity contribution in [2.45, 2.75) is 19.5 Å². The molecule has 0 spiro atoms. The highest BCUT2D eigenvalue weighted by atomic mass is 14.9. The summed E-state index contributed by atoms with van der Waals surface area (Å²) in [5, 5.41) is 3.54. The monoisotopic (exact) mass is 313 g/mol. The Labute approximate surface area is 144 Å². The zero-order valence-electron chi connectivity index (χ0n) is 14.1. The number of nitrogens with one attached hydrogen (secondary N) is 1. The molecule has 1 atom stereocenters. The third-order valence-electron chi connectivity index (χ3n) is 4.34. The van der Waals surface area contributed by atoms with Crippen LogP contribution < -0.4 is 5.32 Å². The van der Waals surface area contributed by atoms with Crippen LogP contribution in [0.25, 0.3) is 16.7 Å². The maximum absolute atomic E-state index is 4.28. The van der Waals surface area contributed by atoms with Gasteiger partial charge in [-0.1, -0.05) is 91.5 Å². The van der Waals surface area contributed by atoms with Crippen molar-refractivity contribution in [2.75, 3.05) is 0 Å². The highest BCUT2D eigenvalue weighted by Gasteiger charge is 2.08. The van der Waals surface area contributed by atoms with E-state index in [1.807, 2.05) is 12.1 Å². The third kappa shape index (κ3) is 4.01. The number of benzene rings is 3. The van der Waals surface area contributed by atoms with E-state index < -0.39 is 0 Å².